The van der Waals surface area contributed by atoms with E-state index in [0.29, 0.717) is 5.56 Å². The fourth-order valence-electron chi connectivity index (χ4n) is 1.81. The summed E-state index contributed by atoms with van der Waals surface area (Å²) < 4.78 is 0. The predicted molar refractivity (Wildman–Crippen MR) is 84.5 cm³/mol. The topological polar surface area (TPSA) is 62.8 Å². The Morgan fingerprint density at radius 2 is 1.80 bits per heavy atom. The normalized spacial score (nSPS) is 11.3. The summed E-state index contributed by atoms with van der Waals surface area (Å²) in [6.07, 6.45) is 1.72. The Hall–Kier alpha value is -1.81. The van der Waals surface area contributed by atoms with Gasteiger partial charge in [-0.15, -0.1) is 0 Å². The van der Waals surface area contributed by atoms with Crippen LogP contribution >= 0.6 is 11.8 Å². The number of pyridine rings is 1. The molecule has 0 aliphatic carbocycles. The van der Waals surface area contributed by atoms with Crippen LogP contribution in [0.4, 0.5) is 0 Å². The summed E-state index contributed by atoms with van der Waals surface area (Å²) in [5, 5.41) is 8.35. The molecule has 0 aliphatic heterocycles. The maximum absolute atomic E-state index is 7.58. The second-order valence-electron chi connectivity index (χ2n) is 5.65. The zero-order valence-corrected chi connectivity index (χ0v) is 12.8. The monoisotopic (exact) mass is 285 g/mol. The maximum atomic E-state index is 7.58. The van der Waals surface area contributed by atoms with Gasteiger partial charge in [0.2, 0.25) is 0 Å². The average molecular weight is 285 g/mol. The minimum absolute atomic E-state index is 0.0481. The first-order chi connectivity index (χ1) is 9.38. The molecule has 4 heteroatoms. The second-order valence-corrected chi connectivity index (χ2v) is 6.71. The van der Waals surface area contributed by atoms with Gasteiger partial charge in [-0.2, -0.15) is 0 Å². The zero-order chi connectivity index (χ0) is 14.8. The molecule has 0 saturated heterocycles. The minimum Gasteiger partial charge on any atom is -0.384 e. The molecule has 0 aliphatic rings. The van der Waals surface area contributed by atoms with E-state index >= 15 is 0 Å². The van der Waals surface area contributed by atoms with E-state index < -0.39 is 0 Å². The van der Waals surface area contributed by atoms with Gasteiger partial charge in [-0.25, -0.2) is 4.98 Å². The molecule has 2 rings (SSSR count). The summed E-state index contributed by atoms with van der Waals surface area (Å²) in [6.45, 7) is 6.59. The molecule has 3 N–H and O–H groups in total. The first kappa shape index (κ1) is 14.6. The summed E-state index contributed by atoms with van der Waals surface area (Å²) >= 11 is 1.53. The molecule has 0 saturated carbocycles. The highest BCUT2D eigenvalue weighted by atomic mass is 32.2. The number of rotatable bonds is 3. The van der Waals surface area contributed by atoms with E-state index in [1.165, 1.54) is 17.3 Å². The smallest absolute Gasteiger partial charge is 0.125 e. The number of aromatic nitrogens is 1. The van der Waals surface area contributed by atoms with Gasteiger partial charge in [0.25, 0.3) is 0 Å². The highest BCUT2D eigenvalue weighted by Gasteiger charge is 2.13. The van der Waals surface area contributed by atoms with Gasteiger partial charge in [-0.3, -0.25) is 5.41 Å². The molecule has 1 aromatic carbocycles. The van der Waals surface area contributed by atoms with E-state index in [2.05, 4.69) is 50.0 Å². The van der Waals surface area contributed by atoms with Crippen molar-refractivity contribution in [2.24, 2.45) is 5.73 Å². The highest BCUT2D eigenvalue weighted by molar-refractivity contribution is 7.99. The van der Waals surface area contributed by atoms with Crippen LogP contribution in [-0.4, -0.2) is 10.8 Å². The molecular formula is C16H19N3S. The second kappa shape index (κ2) is 5.67. The van der Waals surface area contributed by atoms with Crippen LogP contribution < -0.4 is 5.73 Å². The third-order valence-electron chi connectivity index (χ3n) is 3.00. The predicted octanol–water partition coefficient (Wildman–Crippen LogP) is 3.81. The van der Waals surface area contributed by atoms with Crippen LogP contribution in [-0.2, 0) is 5.41 Å². The molecular weight excluding hydrogens is 266 g/mol. The molecule has 0 amide bonds. The van der Waals surface area contributed by atoms with Crippen LogP contribution in [0.3, 0.4) is 0 Å². The van der Waals surface area contributed by atoms with Crippen molar-refractivity contribution in [2.45, 2.75) is 36.1 Å². The van der Waals surface area contributed by atoms with Gasteiger partial charge in [0.05, 0.1) is 0 Å². The van der Waals surface area contributed by atoms with Crippen molar-refractivity contribution in [3.63, 3.8) is 0 Å². The Morgan fingerprint density at radius 1 is 1.15 bits per heavy atom. The van der Waals surface area contributed by atoms with Crippen LogP contribution in [0.25, 0.3) is 0 Å². The Labute approximate surface area is 124 Å². The molecule has 1 heterocycles. The summed E-state index contributed by atoms with van der Waals surface area (Å²) in [5.41, 5.74) is 7.71. The standard InChI is InChI=1S/C16H19N3S/c1-16(2,3)11-6-8-12(9-7-11)20-15-13(14(17)18)5-4-10-19-15/h4-10H,1-3H3,(H3,17,18). The van der Waals surface area contributed by atoms with E-state index in [-0.39, 0.29) is 11.3 Å². The van der Waals surface area contributed by atoms with E-state index in [4.69, 9.17) is 11.1 Å². The fraction of sp³-hybridized carbons (Fsp3) is 0.250. The Balaban J connectivity index is 2.25. The van der Waals surface area contributed by atoms with Gasteiger partial charge in [0, 0.05) is 16.7 Å². The number of hydrogen-bond acceptors (Lipinski definition) is 3. The third kappa shape index (κ3) is 3.39. The quantitative estimate of drug-likeness (QED) is 0.665. The summed E-state index contributed by atoms with van der Waals surface area (Å²) in [6, 6.07) is 12.1. The maximum Gasteiger partial charge on any atom is 0.125 e. The van der Waals surface area contributed by atoms with Gasteiger partial charge in [-0.1, -0.05) is 44.7 Å². The first-order valence-corrected chi connectivity index (χ1v) is 7.27. The molecule has 0 atom stereocenters. The Bertz CT molecular complexity index is 612. The van der Waals surface area contributed by atoms with Crippen molar-refractivity contribution in [1.29, 1.82) is 5.41 Å². The molecule has 0 radical (unpaired) electrons. The number of nitrogen functional groups attached to an aromatic ring is 1. The fourth-order valence-corrected chi connectivity index (χ4v) is 2.71. The third-order valence-corrected chi connectivity index (χ3v) is 4.02. The van der Waals surface area contributed by atoms with Gasteiger partial charge in [-0.05, 0) is 35.2 Å². The van der Waals surface area contributed by atoms with Crippen LogP contribution in [0.1, 0.15) is 31.9 Å². The van der Waals surface area contributed by atoms with Gasteiger partial charge < -0.3 is 5.73 Å². The molecule has 0 spiro atoms. The Morgan fingerprint density at radius 3 is 2.35 bits per heavy atom. The van der Waals surface area contributed by atoms with Crippen molar-refractivity contribution in [3.05, 3.63) is 53.7 Å². The lowest BCUT2D eigenvalue weighted by atomic mass is 9.87. The van der Waals surface area contributed by atoms with Crippen molar-refractivity contribution in [1.82, 2.24) is 4.98 Å². The van der Waals surface area contributed by atoms with E-state index in [1.54, 1.807) is 12.3 Å². The lowest BCUT2D eigenvalue weighted by Crippen LogP contribution is -2.12. The van der Waals surface area contributed by atoms with E-state index in [0.717, 1.165) is 9.92 Å². The van der Waals surface area contributed by atoms with Crippen molar-refractivity contribution in [3.8, 4) is 0 Å². The number of nitrogens with two attached hydrogens (primary N) is 1. The summed E-state index contributed by atoms with van der Waals surface area (Å²) in [7, 11) is 0. The largest absolute Gasteiger partial charge is 0.384 e. The molecule has 2 aromatic rings. The zero-order valence-electron chi connectivity index (χ0n) is 12.0. The van der Waals surface area contributed by atoms with Crippen LogP contribution in [0.15, 0.2) is 52.5 Å². The van der Waals surface area contributed by atoms with Gasteiger partial charge in [0.15, 0.2) is 0 Å². The molecule has 1 aromatic heterocycles. The van der Waals surface area contributed by atoms with Crippen molar-refractivity contribution < 1.29 is 0 Å². The van der Waals surface area contributed by atoms with E-state index in [9.17, 15) is 0 Å². The van der Waals surface area contributed by atoms with Crippen molar-refractivity contribution >= 4 is 17.6 Å². The minimum atomic E-state index is 0.0481. The van der Waals surface area contributed by atoms with E-state index in [1.807, 2.05) is 6.07 Å². The molecule has 104 valence electrons. The molecule has 0 fully saturated rings. The molecule has 0 unspecified atom stereocenters. The average Bonchev–Trinajstić information content (AvgIpc) is 2.38. The van der Waals surface area contributed by atoms with Crippen LogP contribution in [0, 0.1) is 5.41 Å². The molecule has 0 bridgehead atoms. The van der Waals surface area contributed by atoms with Gasteiger partial charge >= 0.3 is 0 Å². The number of benzene rings is 1. The summed E-state index contributed by atoms with van der Waals surface area (Å²) in [4.78, 5) is 5.41. The number of nitrogens with one attached hydrogen (secondary N) is 1. The first-order valence-electron chi connectivity index (χ1n) is 6.46. The number of hydrogen-bond donors (Lipinski definition) is 2. The number of amidine groups is 1. The Kier molecular flexibility index (Phi) is 4.14. The van der Waals surface area contributed by atoms with Crippen LogP contribution in [0.2, 0.25) is 0 Å². The lowest BCUT2D eigenvalue weighted by Gasteiger charge is -2.19. The van der Waals surface area contributed by atoms with Gasteiger partial charge in [0.1, 0.15) is 10.9 Å². The summed E-state index contributed by atoms with van der Waals surface area (Å²) in [5.74, 6) is 0.0481. The molecule has 3 nitrogen and oxygen atoms in total. The molecule has 20 heavy (non-hydrogen) atoms. The highest BCUT2D eigenvalue weighted by Crippen LogP contribution is 2.30. The van der Waals surface area contributed by atoms with Crippen LogP contribution in [0.5, 0.6) is 0 Å². The number of nitrogens with zero attached hydrogens (tertiary/aromatic N) is 1. The lowest BCUT2D eigenvalue weighted by molar-refractivity contribution is 0.590. The SMILES string of the molecule is CC(C)(C)c1ccc(Sc2ncccc2C(=N)N)cc1. The van der Waals surface area contributed by atoms with Crippen molar-refractivity contribution in [2.75, 3.05) is 0 Å².